The number of carbonyl (C=O) groups excluding carboxylic acids is 1. The maximum Gasteiger partial charge on any atom is 0.136 e. The molecule has 0 unspecified atom stereocenters. The van der Waals surface area contributed by atoms with Crippen LogP contribution < -0.4 is 4.74 Å². The summed E-state index contributed by atoms with van der Waals surface area (Å²) in [6.45, 7) is 0. The standard InChI is InChI=1S/C10H11BrO3/c1-14-10-6-9(13)7(3-2-4-12)5-8(10)11/h4-6,13H,2-3H2,1H3. The Bertz CT molecular complexity index is 336. The molecule has 0 amide bonds. The van der Waals surface area contributed by atoms with Gasteiger partial charge in [0.05, 0.1) is 11.6 Å². The zero-order valence-electron chi connectivity index (χ0n) is 7.79. The monoisotopic (exact) mass is 258 g/mol. The van der Waals surface area contributed by atoms with E-state index in [9.17, 15) is 9.90 Å². The maximum absolute atomic E-state index is 10.2. The predicted molar refractivity (Wildman–Crippen MR) is 56.7 cm³/mol. The van der Waals surface area contributed by atoms with Crippen molar-refractivity contribution in [2.45, 2.75) is 12.8 Å². The van der Waals surface area contributed by atoms with Crippen LogP contribution >= 0.6 is 15.9 Å². The van der Waals surface area contributed by atoms with Crippen molar-refractivity contribution in [3.63, 3.8) is 0 Å². The lowest BCUT2D eigenvalue weighted by Gasteiger charge is -2.07. The minimum Gasteiger partial charge on any atom is -0.508 e. The van der Waals surface area contributed by atoms with E-state index in [2.05, 4.69) is 15.9 Å². The zero-order chi connectivity index (χ0) is 10.6. The van der Waals surface area contributed by atoms with Crippen LogP contribution in [0, 0.1) is 0 Å². The van der Waals surface area contributed by atoms with Gasteiger partial charge in [-0.1, -0.05) is 0 Å². The van der Waals surface area contributed by atoms with Gasteiger partial charge in [-0.15, -0.1) is 0 Å². The third kappa shape index (κ3) is 2.48. The molecule has 0 radical (unpaired) electrons. The molecule has 0 aliphatic heterocycles. The van der Waals surface area contributed by atoms with Crippen LogP contribution in [0.2, 0.25) is 0 Å². The first-order valence-corrected chi connectivity index (χ1v) is 4.97. The van der Waals surface area contributed by atoms with Gasteiger partial charge in [-0.3, -0.25) is 0 Å². The number of ether oxygens (including phenoxy) is 1. The summed E-state index contributed by atoms with van der Waals surface area (Å²) >= 11 is 3.31. The smallest absolute Gasteiger partial charge is 0.136 e. The number of carbonyl (C=O) groups is 1. The van der Waals surface area contributed by atoms with E-state index >= 15 is 0 Å². The van der Waals surface area contributed by atoms with E-state index in [0.29, 0.717) is 18.6 Å². The van der Waals surface area contributed by atoms with E-state index in [0.717, 1.165) is 16.3 Å². The van der Waals surface area contributed by atoms with Crippen molar-refractivity contribution in [1.29, 1.82) is 0 Å². The third-order valence-electron chi connectivity index (χ3n) is 1.88. The van der Waals surface area contributed by atoms with Crippen molar-refractivity contribution in [2.75, 3.05) is 7.11 Å². The molecule has 1 aromatic rings. The molecule has 76 valence electrons. The zero-order valence-corrected chi connectivity index (χ0v) is 9.37. The first-order valence-electron chi connectivity index (χ1n) is 4.18. The number of phenolic OH excluding ortho intramolecular Hbond substituents is 1. The van der Waals surface area contributed by atoms with Gasteiger partial charge in [0.25, 0.3) is 0 Å². The van der Waals surface area contributed by atoms with Gasteiger partial charge in [-0.05, 0) is 34.0 Å². The number of aryl methyl sites for hydroxylation is 1. The van der Waals surface area contributed by atoms with Gasteiger partial charge >= 0.3 is 0 Å². The van der Waals surface area contributed by atoms with E-state index in [4.69, 9.17) is 4.74 Å². The van der Waals surface area contributed by atoms with Gasteiger partial charge in [0.15, 0.2) is 0 Å². The number of benzene rings is 1. The van der Waals surface area contributed by atoms with E-state index in [1.54, 1.807) is 6.07 Å². The largest absolute Gasteiger partial charge is 0.508 e. The molecule has 0 aliphatic carbocycles. The average molecular weight is 259 g/mol. The van der Waals surface area contributed by atoms with Crippen molar-refractivity contribution in [3.8, 4) is 11.5 Å². The Morgan fingerprint density at radius 2 is 2.29 bits per heavy atom. The van der Waals surface area contributed by atoms with Gasteiger partial charge in [-0.2, -0.15) is 0 Å². The molecular weight excluding hydrogens is 248 g/mol. The molecule has 0 bridgehead atoms. The molecule has 0 aromatic heterocycles. The molecule has 1 aromatic carbocycles. The normalized spacial score (nSPS) is 9.86. The molecule has 0 atom stereocenters. The van der Waals surface area contributed by atoms with Gasteiger partial charge in [-0.25, -0.2) is 0 Å². The molecule has 1 N–H and O–H groups in total. The lowest BCUT2D eigenvalue weighted by molar-refractivity contribution is -0.107. The fourth-order valence-electron chi connectivity index (χ4n) is 1.15. The number of aldehydes is 1. The van der Waals surface area contributed by atoms with Crippen LogP contribution in [-0.2, 0) is 11.2 Å². The summed E-state index contributed by atoms with van der Waals surface area (Å²) in [5.41, 5.74) is 0.741. The minimum absolute atomic E-state index is 0.159. The van der Waals surface area contributed by atoms with Crippen LogP contribution in [0.5, 0.6) is 11.5 Å². The molecule has 0 fully saturated rings. The van der Waals surface area contributed by atoms with E-state index in [1.165, 1.54) is 13.2 Å². The molecule has 0 spiro atoms. The molecule has 0 heterocycles. The van der Waals surface area contributed by atoms with Crippen molar-refractivity contribution in [1.82, 2.24) is 0 Å². The van der Waals surface area contributed by atoms with Crippen LogP contribution in [-0.4, -0.2) is 18.5 Å². The molecular formula is C10H11BrO3. The Hall–Kier alpha value is -1.03. The Morgan fingerprint density at radius 1 is 1.57 bits per heavy atom. The second-order valence-electron chi connectivity index (χ2n) is 2.82. The minimum atomic E-state index is 0.159. The maximum atomic E-state index is 10.2. The average Bonchev–Trinajstić information content (AvgIpc) is 2.18. The number of rotatable bonds is 4. The van der Waals surface area contributed by atoms with Gasteiger partial charge in [0.1, 0.15) is 17.8 Å². The van der Waals surface area contributed by atoms with E-state index in [1.807, 2.05) is 0 Å². The van der Waals surface area contributed by atoms with Crippen molar-refractivity contribution < 1.29 is 14.6 Å². The van der Waals surface area contributed by atoms with Gasteiger partial charge in [0.2, 0.25) is 0 Å². The fraction of sp³-hybridized carbons (Fsp3) is 0.300. The lowest BCUT2D eigenvalue weighted by Crippen LogP contribution is -1.90. The van der Waals surface area contributed by atoms with Crippen molar-refractivity contribution in [3.05, 3.63) is 22.2 Å². The summed E-state index contributed by atoms with van der Waals surface area (Å²) in [7, 11) is 1.53. The molecule has 4 heteroatoms. The van der Waals surface area contributed by atoms with Gasteiger partial charge < -0.3 is 14.6 Å². The molecule has 14 heavy (non-hydrogen) atoms. The first-order chi connectivity index (χ1) is 6.69. The highest BCUT2D eigenvalue weighted by Gasteiger charge is 2.07. The molecule has 1 rings (SSSR count). The summed E-state index contributed by atoms with van der Waals surface area (Å²) in [5, 5.41) is 9.56. The van der Waals surface area contributed by atoms with E-state index in [-0.39, 0.29) is 5.75 Å². The summed E-state index contributed by atoms with van der Waals surface area (Å²) in [6.07, 6.45) is 1.78. The summed E-state index contributed by atoms with van der Waals surface area (Å²) in [4.78, 5) is 10.2. The first kappa shape index (κ1) is 11.0. The van der Waals surface area contributed by atoms with Crippen LogP contribution in [0.25, 0.3) is 0 Å². The highest BCUT2D eigenvalue weighted by molar-refractivity contribution is 9.10. The second kappa shape index (κ2) is 5.00. The highest BCUT2D eigenvalue weighted by Crippen LogP contribution is 2.32. The summed E-state index contributed by atoms with van der Waals surface area (Å²) in [5.74, 6) is 0.740. The molecule has 0 saturated carbocycles. The van der Waals surface area contributed by atoms with Crippen LogP contribution in [0.3, 0.4) is 0 Å². The number of halogens is 1. The number of methoxy groups -OCH3 is 1. The third-order valence-corrected chi connectivity index (χ3v) is 2.50. The quantitative estimate of drug-likeness (QED) is 0.844. The molecule has 0 saturated heterocycles. The van der Waals surface area contributed by atoms with E-state index < -0.39 is 0 Å². The Kier molecular flexibility index (Phi) is 3.95. The number of hydrogen-bond donors (Lipinski definition) is 1. The fourth-order valence-corrected chi connectivity index (χ4v) is 1.71. The number of hydrogen-bond acceptors (Lipinski definition) is 3. The topological polar surface area (TPSA) is 46.5 Å². The van der Waals surface area contributed by atoms with Crippen molar-refractivity contribution >= 4 is 22.2 Å². The highest BCUT2D eigenvalue weighted by atomic mass is 79.9. The molecule has 3 nitrogen and oxygen atoms in total. The SMILES string of the molecule is COc1cc(O)c(CCC=O)cc1Br. The van der Waals surface area contributed by atoms with Crippen molar-refractivity contribution in [2.24, 2.45) is 0 Å². The van der Waals surface area contributed by atoms with Crippen LogP contribution in [0.15, 0.2) is 16.6 Å². The van der Waals surface area contributed by atoms with Crippen LogP contribution in [0.4, 0.5) is 0 Å². The van der Waals surface area contributed by atoms with Gasteiger partial charge in [0, 0.05) is 12.5 Å². The second-order valence-corrected chi connectivity index (χ2v) is 3.68. The summed E-state index contributed by atoms with van der Waals surface area (Å²) in [6, 6.07) is 3.29. The molecule has 0 aliphatic rings. The Labute approximate surface area is 90.8 Å². The lowest BCUT2D eigenvalue weighted by atomic mass is 10.1. The van der Waals surface area contributed by atoms with Crippen LogP contribution in [0.1, 0.15) is 12.0 Å². The number of phenols is 1. The Morgan fingerprint density at radius 3 is 2.86 bits per heavy atom. The summed E-state index contributed by atoms with van der Waals surface area (Å²) < 4.78 is 5.79. The Balaban J connectivity index is 2.96. The predicted octanol–water partition coefficient (Wildman–Crippen LogP) is 2.29. The number of aromatic hydroxyl groups is 1.